The molecule has 3 nitrogen and oxygen atoms in total. The molecule has 0 radical (unpaired) electrons. The van der Waals surface area contributed by atoms with Crippen LogP contribution in [0.2, 0.25) is 0 Å². The van der Waals surface area contributed by atoms with Crippen molar-refractivity contribution in [1.29, 1.82) is 0 Å². The number of hydrogen-bond acceptors (Lipinski definition) is 3. The zero-order chi connectivity index (χ0) is 13.9. The maximum Gasteiger partial charge on any atom is 0.123 e. The number of aryl methyl sites for hydroxylation is 1. The standard InChI is InChI=1S/C17H20N2O/c1-12-7-8-18-11-16(12)13-3-6-17(20-2)14(9-13)10-19-15-4-5-15/h3,6-9,11,15,19H,4-5,10H2,1-2H3. The maximum absolute atomic E-state index is 5.46. The van der Waals surface area contributed by atoms with Gasteiger partial charge in [-0.15, -0.1) is 0 Å². The summed E-state index contributed by atoms with van der Waals surface area (Å²) in [5, 5.41) is 3.55. The molecule has 1 N–H and O–H groups in total. The van der Waals surface area contributed by atoms with Crippen molar-refractivity contribution in [3.8, 4) is 16.9 Å². The lowest BCUT2D eigenvalue weighted by atomic mass is 10.0. The Morgan fingerprint density at radius 1 is 1.30 bits per heavy atom. The molecule has 1 aliphatic rings. The fraction of sp³-hybridized carbons (Fsp3) is 0.353. The predicted octanol–water partition coefficient (Wildman–Crippen LogP) is 3.32. The molecule has 1 saturated carbocycles. The molecule has 1 aromatic heterocycles. The Bertz CT molecular complexity index is 606. The lowest BCUT2D eigenvalue weighted by Gasteiger charge is -2.12. The molecule has 0 atom stereocenters. The summed E-state index contributed by atoms with van der Waals surface area (Å²) in [5.74, 6) is 0.948. The van der Waals surface area contributed by atoms with Crippen LogP contribution in [0.25, 0.3) is 11.1 Å². The highest BCUT2D eigenvalue weighted by molar-refractivity contribution is 5.68. The Morgan fingerprint density at radius 3 is 2.85 bits per heavy atom. The van der Waals surface area contributed by atoms with E-state index < -0.39 is 0 Å². The molecule has 2 aromatic rings. The number of aromatic nitrogens is 1. The Morgan fingerprint density at radius 2 is 2.15 bits per heavy atom. The van der Waals surface area contributed by atoms with Crippen LogP contribution in [0, 0.1) is 6.92 Å². The molecular weight excluding hydrogens is 248 g/mol. The van der Waals surface area contributed by atoms with E-state index in [-0.39, 0.29) is 0 Å². The van der Waals surface area contributed by atoms with Gasteiger partial charge in [-0.25, -0.2) is 0 Å². The molecule has 0 amide bonds. The van der Waals surface area contributed by atoms with Gasteiger partial charge in [-0.3, -0.25) is 4.98 Å². The maximum atomic E-state index is 5.46. The van der Waals surface area contributed by atoms with E-state index in [2.05, 4.69) is 29.4 Å². The first-order chi connectivity index (χ1) is 9.78. The van der Waals surface area contributed by atoms with Gasteiger partial charge in [-0.05, 0) is 49.1 Å². The number of hydrogen-bond donors (Lipinski definition) is 1. The summed E-state index contributed by atoms with van der Waals surface area (Å²) in [4.78, 5) is 4.23. The van der Waals surface area contributed by atoms with Gasteiger partial charge in [-0.1, -0.05) is 6.07 Å². The molecule has 3 heteroatoms. The summed E-state index contributed by atoms with van der Waals surface area (Å²) >= 11 is 0. The third-order valence-corrected chi connectivity index (χ3v) is 3.79. The third-order valence-electron chi connectivity index (χ3n) is 3.79. The summed E-state index contributed by atoms with van der Waals surface area (Å²) in [6.07, 6.45) is 6.35. The van der Waals surface area contributed by atoms with E-state index >= 15 is 0 Å². The van der Waals surface area contributed by atoms with Crippen molar-refractivity contribution in [2.24, 2.45) is 0 Å². The largest absolute Gasteiger partial charge is 0.496 e. The molecule has 1 aromatic carbocycles. The molecule has 0 aliphatic heterocycles. The molecule has 1 aliphatic carbocycles. The monoisotopic (exact) mass is 268 g/mol. The normalized spacial score (nSPS) is 14.3. The molecule has 1 fully saturated rings. The third kappa shape index (κ3) is 2.83. The van der Waals surface area contributed by atoms with Gasteiger partial charge in [0, 0.05) is 36.1 Å². The molecule has 104 valence electrons. The van der Waals surface area contributed by atoms with E-state index in [1.807, 2.05) is 24.5 Å². The van der Waals surface area contributed by atoms with Crippen LogP contribution in [0.4, 0.5) is 0 Å². The van der Waals surface area contributed by atoms with Crippen LogP contribution >= 0.6 is 0 Å². The van der Waals surface area contributed by atoms with Crippen LogP contribution in [-0.4, -0.2) is 18.1 Å². The summed E-state index contributed by atoms with van der Waals surface area (Å²) in [5.41, 5.74) is 4.83. The van der Waals surface area contributed by atoms with Crippen LogP contribution in [0.15, 0.2) is 36.7 Å². The topological polar surface area (TPSA) is 34.1 Å². The first kappa shape index (κ1) is 13.1. The first-order valence-corrected chi connectivity index (χ1v) is 7.09. The van der Waals surface area contributed by atoms with Crippen LogP contribution in [-0.2, 0) is 6.54 Å². The summed E-state index contributed by atoms with van der Waals surface area (Å²) < 4.78 is 5.46. The minimum absolute atomic E-state index is 0.698. The van der Waals surface area contributed by atoms with Gasteiger partial charge < -0.3 is 10.1 Å². The smallest absolute Gasteiger partial charge is 0.123 e. The van der Waals surface area contributed by atoms with Crippen molar-refractivity contribution in [2.75, 3.05) is 7.11 Å². The van der Waals surface area contributed by atoms with E-state index in [1.54, 1.807) is 7.11 Å². The fourth-order valence-electron chi connectivity index (χ4n) is 2.39. The van der Waals surface area contributed by atoms with Crippen LogP contribution in [0.1, 0.15) is 24.0 Å². The Balaban J connectivity index is 1.91. The quantitative estimate of drug-likeness (QED) is 0.903. The van der Waals surface area contributed by atoms with Crippen molar-refractivity contribution in [3.05, 3.63) is 47.8 Å². The number of nitrogens with one attached hydrogen (secondary N) is 1. The molecule has 0 spiro atoms. The van der Waals surface area contributed by atoms with Gasteiger partial charge in [0.1, 0.15) is 5.75 Å². The van der Waals surface area contributed by atoms with Crippen molar-refractivity contribution < 1.29 is 4.74 Å². The molecule has 3 rings (SSSR count). The number of methoxy groups -OCH3 is 1. The van der Waals surface area contributed by atoms with Crippen LogP contribution < -0.4 is 10.1 Å². The van der Waals surface area contributed by atoms with Crippen LogP contribution in [0.5, 0.6) is 5.75 Å². The Labute approximate surface area is 120 Å². The second-order valence-corrected chi connectivity index (χ2v) is 5.37. The second-order valence-electron chi connectivity index (χ2n) is 5.37. The summed E-state index contributed by atoms with van der Waals surface area (Å²) in [6.45, 7) is 2.98. The molecule has 20 heavy (non-hydrogen) atoms. The molecule has 0 unspecified atom stereocenters. The molecule has 0 bridgehead atoms. The predicted molar refractivity (Wildman–Crippen MR) is 80.8 cm³/mol. The van der Waals surface area contributed by atoms with Gasteiger partial charge in [0.25, 0.3) is 0 Å². The average molecular weight is 268 g/mol. The molecule has 1 heterocycles. The highest BCUT2D eigenvalue weighted by Crippen LogP contribution is 2.29. The van der Waals surface area contributed by atoms with E-state index in [0.29, 0.717) is 6.04 Å². The highest BCUT2D eigenvalue weighted by atomic mass is 16.5. The van der Waals surface area contributed by atoms with Gasteiger partial charge in [0.05, 0.1) is 7.11 Å². The Hall–Kier alpha value is -1.87. The highest BCUT2D eigenvalue weighted by Gasteiger charge is 2.20. The van der Waals surface area contributed by atoms with Crippen LogP contribution in [0.3, 0.4) is 0 Å². The number of pyridine rings is 1. The average Bonchev–Trinajstić information content (AvgIpc) is 3.29. The number of benzene rings is 1. The first-order valence-electron chi connectivity index (χ1n) is 7.09. The minimum Gasteiger partial charge on any atom is -0.496 e. The number of rotatable bonds is 5. The van der Waals surface area contributed by atoms with E-state index in [4.69, 9.17) is 4.74 Å². The van der Waals surface area contributed by atoms with E-state index in [0.717, 1.165) is 12.3 Å². The summed E-state index contributed by atoms with van der Waals surface area (Å²) in [7, 11) is 1.73. The molecule has 0 saturated heterocycles. The second kappa shape index (κ2) is 5.63. The lowest BCUT2D eigenvalue weighted by Crippen LogP contribution is -2.15. The van der Waals surface area contributed by atoms with Gasteiger partial charge in [0.2, 0.25) is 0 Å². The fourth-order valence-corrected chi connectivity index (χ4v) is 2.39. The minimum atomic E-state index is 0.698. The van der Waals surface area contributed by atoms with Gasteiger partial charge >= 0.3 is 0 Å². The molecular formula is C17H20N2O. The summed E-state index contributed by atoms with van der Waals surface area (Å²) in [6, 6.07) is 9.10. The van der Waals surface area contributed by atoms with E-state index in [1.165, 1.54) is 35.1 Å². The van der Waals surface area contributed by atoms with Gasteiger partial charge in [0.15, 0.2) is 0 Å². The Kier molecular flexibility index (Phi) is 3.70. The van der Waals surface area contributed by atoms with Crippen molar-refractivity contribution in [3.63, 3.8) is 0 Å². The zero-order valence-corrected chi connectivity index (χ0v) is 12.0. The zero-order valence-electron chi connectivity index (χ0n) is 12.0. The number of nitrogens with zero attached hydrogens (tertiary/aromatic N) is 1. The van der Waals surface area contributed by atoms with Crippen molar-refractivity contribution in [1.82, 2.24) is 10.3 Å². The van der Waals surface area contributed by atoms with Gasteiger partial charge in [-0.2, -0.15) is 0 Å². The lowest BCUT2D eigenvalue weighted by molar-refractivity contribution is 0.407. The van der Waals surface area contributed by atoms with Crippen molar-refractivity contribution >= 4 is 0 Å². The van der Waals surface area contributed by atoms with E-state index in [9.17, 15) is 0 Å². The van der Waals surface area contributed by atoms with Crippen molar-refractivity contribution in [2.45, 2.75) is 32.4 Å². The number of ether oxygens (including phenoxy) is 1. The SMILES string of the molecule is COc1ccc(-c2cnccc2C)cc1CNC1CC1.